The standard InChI is InChI=1S/C18H23F2N3O2S/c1-17(2,26(21)25)11-18(3,13-6-5-12(19)9-14(13)20)10-16(24)15-7-8-22-23(15)4/h5-9H,10-11,21H2,1-4H3/t18-,26?/m0/s1. The number of hydrogen-bond acceptors (Lipinski definition) is 3. The number of nitrogens with zero attached hydrogens (tertiary/aromatic N) is 2. The average molecular weight is 383 g/mol. The van der Waals surface area contributed by atoms with E-state index in [2.05, 4.69) is 5.10 Å². The van der Waals surface area contributed by atoms with Crippen LogP contribution in [0.5, 0.6) is 0 Å². The molecule has 0 fully saturated rings. The van der Waals surface area contributed by atoms with E-state index in [9.17, 15) is 17.8 Å². The quantitative estimate of drug-likeness (QED) is 0.747. The Kier molecular flexibility index (Phi) is 5.77. The van der Waals surface area contributed by atoms with Gasteiger partial charge in [-0.2, -0.15) is 5.10 Å². The van der Waals surface area contributed by atoms with E-state index in [-0.39, 0.29) is 24.2 Å². The molecule has 5 nitrogen and oxygen atoms in total. The lowest BCUT2D eigenvalue weighted by molar-refractivity contribution is 0.0937. The fourth-order valence-electron chi connectivity index (χ4n) is 3.33. The Morgan fingerprint density at radius 1 is 1.27 bits per heavy atom. The van der Waals surface area contributed by atoms with Gasteiger partial charge in [0.15, 0.2) is 5.78 Å². The molecular formula is C18H23F2N3O2S. The number of halogens is 2. The topological polar surface area (TPSA) is 78.0 Å². The van der Waals surface area contributed by atoms with Crippen LogP contribution in [0.25, 0.3) is 0 Å². The van der Waals surface area contributed by atoms with Crippen LogP contribution in [0.1, 0.15) is 49.7 Å². The van der Waals surface area contributed by atoms with Gasteiger partial charge in [0.1, 0.15) is 17.3 Å². The van der Waals surface area contributed by atoms with Gasteiger partial charge in [-0.25, -0.2) is 13.0 Å². The summed E-state index contributed by atoms with van der Waals surface area (Å²) in [7, 11) is -0.0477. The zero-order chi connectivity index (χ0) is 19.7. The number of Topliss-reactive ketones (excluding diaryl/α,β-unsaturated/α-hetero) is 1. The van der Waals surface area contributed by atoms with E-state index in [4.69, 9.17) is 5.14 Å². The lowest BCUT2D eigenvalue weighted by Crippen LogP contribution is -2.41. The van der Waals surface area contributed by atoms with Gasteiger partial charge < -0.3 is 0 Å². The molecule has 0 bridgehead atoms. The molecule has 2 N–H and O–H groups in total. The molecule has 0 saturated heterocycles. The van der Waals surface area contributed by atoms with Crippen molar-refractivity contribution >= 4 is 16.8 Å². The van der Waals surface area contributed by atoms with E-state index in [1.807, 2.05) is 0 Å². The van der Waals surface area contributed by atoms with E-state index in [0.29, 0.717) is 5.69 Å². The average Bonchev–Trinajstić information content (AvgIpc) is 2.92. The number of benzene rings is 1. The Bertz CT molecular complexity index is 851. The third kappa shape index (κ3) is 4.24. The summed E-state index contributed by atoms with van der Waals surface area (Å²) in [5.74, 6) is -1.69. The van der Waals surface area contributed by atoms with Crippen LogP contribution in [0.4, 0.5) is 8.78 Å². The predicted octanol–water partition coefficient (Wildman–Crippen LogP) is 3.02. The highest BCUT2D eigenvalue weighted by atomic mass is 32.2. The summed E-state index contributed by atoms with van der Waals surface area (Å²) in [5, 5.41) is 9.56. The molecule has 0 aliphatic rings. The van der Waals surface area contributed by atoms with E-state index < -0.39 is 32.8 Å². The Morgan fingerprint density at radius 2 is 1.92 bits per heavy atom. The van der Waals surface area contributed by atoms with Crippen LogP contribution >= 0.6 is 0 Å². The Morgan fingerprint density at radius 3 is 2.42 bits per heavy atom. The number of carbonyl (C=O) groups excluding carboxylic acids is 1. The monoisotopic (exact) mass is 383 g/mol. The highest BCUT2D eigenvalue weighted by Gasteiger charge is 2.40. The smallest absolute Gasteiger partial charge is 0.181 e. The van der Waals surface area contributed by atoms with Crippen molar-refractivity contribution in [2.45, 2.75) is 43.8 Å². The van der Waals surface area contributed by atoms with Gasteiger partial charge in [-0.05, 0) is 38.0 Å². The molecule has 1 aromatic carbocycles. The summed E-state index contributed by atoms with van der Waals surface area (Å²) in [4.78, 5) is 12.8. The summed E-state index contributed by atoms with van der Waals surface area (Å²) in [6, 6.07) is 4.85. The van der Waals surface area contributed by atoms with Crippen molar-refractivity contribution in [2.24, 2.45) is 12.2 Å². The van der Waals surface area contributed by atoms with Crippen LogP contribution in [-0.2, 0) is 23.4 Å². The molecule has 0 radical (unpaired) electrons. The molecule has 2 rings (SSSR count). The van der Waals surface area contributed by atoms with Crippen molar-refractivity contribution < 1.29 is 17.8 Å². The SMILES string of the molecule is Cn1nccc1C(=O)C[C@@](C)(CC(C)(C)S(N)=O)c1ccc(F)cc1F. The first-order valence-electron chi connectivity index (χ1n) is 8.09. The summed E-state index contributed by atoms with van der Waals surface area (Å²) >= 11 is 0. The maximum atomic E-state index is 14.5. The van der Waals surface area contributed by atoms with Crippen molar-refractivity contribution in [1.82, 2.24) is 9.78 Å². The van der Waals surface area contributed by atoms with Gasteiger partial charge in [-0.1, -0.05) is 13.0 Å². The lowest BCUT2D eigenvalue weighted by Gasteiger charge is -2.36. The zero-order valence-electron chi connectivity index (χ0n) is 15.3. The van der Waals surface area contributed by atoms with Gasteiger partial charge >= 0.3 is 0 Å². The van der Waals surface area contributed by atoms with E-state index in [0.717, 1.165) is 12.1 Å². The molecule has 8 heteroatoms. The fourth-order valence-corrected chi connectivity index (χ4v) is 3.80. The van der Waals surface area contributed by atoms with Gasteiger partial charge in [0.05, 0.1) is 15.7 Å². The fraction of sp³-hybridized carbons (Fsp3) is 0.444. The highest BCUT2D eigenvalue weighted by molar-refractivity contribution is 7.84. The van der Waals surface area contributed by atoms with Crippen molar-refractivity contribution in [3.05, 3.63) is 53.4 Å². The number of rotatable bonds is 7. The Balaban J connectivity index is 2.49. The van der Waals surface area contributed by atoms with Crippen molar-refractivity contribution in [1.29, 1.82) is 0 Å². The highest BCUT2D eigenvalue weighted by Crippen LogP contribution is 2.39. The molecular weight excluding hydrogens is 360 g/mol. The second-order valence-electron chi connectivity index (χ2n) is 7.36. The van der Waals surface area contributed by atoms with Crippen molar-refractivity contribution in [3.63, 3.8) is 0 Å². The number of carbonyl (C=O) groups is 1. The predicted molar refractivity (Wildman–Crippen MR) is 96.9 cm³/mol. The van der Waals surface area contributed by atoms with Gasteiger partial charge in [0.25, 0.3) is 0 Å². The first kappa shape index (κ1) is 20.4. The molecule has 0 spiro atoms. The van der Waals surface area contributed by atoms with Gasteiger partial charge in [-0.15, -0.1) is 0 Å². The Labute approximate surface area is 154 Å². The first-order chi connectivity index (χ1) is 12.0. The molecule has 2 atom stereocenters. The summed E-state index contributed by atoms with van der Waals surface area (Å²) in [5.41, 5.74) is -0.462. The maximum Gasteiger partial charge on any atom is 0.181 e. The Hall–Kier alpha value is -1.93. The molecule has 0 aliphatic carbocycles. The van der Waals surface area contributed by atoms with Crippen molar-refractivity contribution in [2.75, 3.05) is 0 Å². The van der Waals surface area contributed by atoms with E-state index in [1.54, 1.807) is 33.9 Å². The lowest BCUT2D eigenvalue weighted by atomic mass is 9.72. The molecule has 0 aliphatic heterocycles. The largest absolute Gasteiger partial charge is 0.292 e. The number of aromatic nitrogens is 2. The molecule has 1 aromatic heterocycles. The van der Waals surface area contributed by atoms with Crippen molar-refractivity contribution in [3.8, 4) is 0 Å². The molecule has 2 aromatic rings. The van der Waals surface area contributed by atoms with Crippen LogP contribution in [0, 0.1) is 11.6 Å². The molecule has 26 heavy (non-hydrogen) atoms. The minimum absolute atomic E-state index is 0.0598. The second-order valence-corrected chi connectivity index (χ2v) is 9.06. The van der Waals surface area contributed by atoms with Crippen LogP contribution < -0.4 is 5.14 Å². The summed E-state index contributed by atoms with van der Waals surface area (Å²) in [6.07, 6.45) is 1.62. The zero-order valence-corrected chi connectivity index (χ0v) is 16.1. The van der Waals surface area contributed by atoms with E-state index >= 15 is 0 Å². The molecule has 142 valence electrons. The number of hydrogen-bond donors (Lipinski definition) is 1. The molecule has 0 saturated carbocycles. The van der Waals surface area contributed by atoms with Crippen LogP contribution in [-0.4, -0.2) is 24.5 Å². The number of nitrogens with two attached hydrogens (primary N) is 1. The first-order valence-corrected chi connectivity index (χ1v) is 9.30. The minimum Gasteiger partial charge on any atom is -0.292 e. The van der Waals surface area contributed by atoms with Gasteiger partial charge in [0, 0.05) is 31.1 Å². The summed E-state index contributed by atoms with van der Waals surface area (Å²) in [6.45, 7) is 5.08. The molecule has 0 amide bonds. The number of aryl methyl sites for hydroxylation is 1. The van der Waals surface area contributed by atoms with Gasteiger partial charge in [0.2, 0.25) is 0 Å². The number of ketones is 1. The summed E-state index contributed by atoms with van der Waals surface area (Å²) < 4.78 is 40.4. The molecule has 1 heterocycles. The third-order valence-corrected chi connectivity index (χ3v) is 5.83. The minimum atomic E-state index is -1.69. The van der Waals surface area contributed by atoms with Crippen LogP contribution in [0.15, 0.2) is 30.5 Å². The normalized spacial score (nSPS) is 15.5. The molecule has 1 unspecified atom stereocenters. The van der Waals surface area contributed by atoms with Crippen LogP contribution in [0.3, 0.4) is 0 Å². The second kappa shape index (κ2) is 7.36. The van der Waals surface area contributed by atoms with Gasteiger partial charge in [-0.3, -0.25) is 14.6 Å². The van der Waals surface area contributed by atoms with Crippen LogP contribution in [0.2, 0.25) is 0 Å². The maximum absolute atomic E-state index is 14.5. The third-order valence-electron chi connectivity index (χ3n) is 4.60. The van der Waals surface area contributed by atoms with E-state index in [1.165, 1.54) is 16.9 Å².